The normalized spacial score (nSPS) is 22.7. The van der Waals surface area contributed by atoms with E-state index in [0.29, 0.717) is 34.7 Å². The third kappa shape index (κ3) is 5.08. The van der Waals surface area contributed by atoms with E-state index in [0.717, 1.165) is 36.7 Å². The molecule has 2 saturated heterocycles. The van der Waals surface area contributed by atoms with Crippen molar-refractivity contribution >= 4 is 29.5 Å². The smallest absolute Gasteiger partial charge is 0.418 e. The molecule has 2 aromatic carbocycles. The van der Waals surface area contributed by atoms with E-state index in [2.05, 4.69) is 0 Å². The summed E-state index contributed by atoms with van der Waals surface area (Å²) in [4.78, 5) is 54.4. The van der Waals surface area contributed by atoms with Gasteiger partial charge in [0.05, 0.1) is 0 Å². The maximum absolute atomic E-state index is 13.7. The van der Waals surface area contributed by atoms with Crippen LogP contribution in [0.5, 0.6) is 0 Å². The van der Waals surface area contributed by atoms with Gasteiger partial charge < -0.3 is 20.3 Å². The zero-order chi connectivity index (χ0) is 29.7. The lowest BCUT2D eigenvalue weighted by molar-refractivity contribution is -0.187. The van der Waals surface area contributed by atoms with Gasteiger partial charge in [0, 0.05) is 30.8 Å². The van der Waals surface area contributed by atoms with Crippen LogP contribution in [0.3, 0.4) is 0 Å². The lowest BCUT2D eigenvalue weighted by Crippen LogP contribution is -2.51. The lowest BCUT2D eigenvalue weighted by atomic mass is 9.94. The molecule has 1 aliphatic carbocycles. The van der Waals surface area contributed by atoms with E-state index in [-0.39, 0.29) is 12.0 Å². The quantitative estimate of drug-likeness (QED) is 0.506. The second-order valence-corrected chi connectivity index (χ2v) is 10.5. The molecule has 0 unspecified atom stereocenters. The predicted octanol–water partition coefficient (Wildman–Crippen LogP) is 3.38. The number of nitrogens with two attached hydrogens (primary N) is 1. The largest absolute Gasteiger partial charge is 0.427 e. The summed E-state index contributed by atoms with van der Waals surface area (Å²) in [5.74, 6) is -2.99. The molecule has 3 atom stereocenters. The number of aryl methyl sites for hydroxylation is 1. The molecule has 41 heavy (non-hydrogen) atoms. The molecule has 1 spiro atoms. The van der Waals surface area contributed by atoms with E-state index >= 15 is 0 Å². The van der Waals surface area contributed by atoms with Crippen molar-refractivity contribution in [3.05, 3.63) is 65.0 Å². The van der Waals surface area contributed by atoms with E-state index in [4.69, 9.17) is 10.5 Å². The van der Waals surface area contributed by atoms with Crippen LogP contribution in [0.2, 0.25) is 0 Å². The van der Waals surface area contributed by atoms with Crippen LogP contribution in [0.1, 0.15) is 42.9 Å². The van der Waals surface area contributed by atoms with Crippen LogP contribution in [0.25, 0.3) is 0 Å². The van der Waals surface area contributed by atoms with Gasteiger partial charge >= 0.3 is 12.3 Å². The van der Waals surface area contributed by atoms with Gasteiger partial charge in [0.1, 0.15) is 24.4 Å². The van der Waals surface area contributed by atoms with Crippen molar-refractivity contribution in [2.75, 3.05) is 18.0 Å². The number of carbonyl (C=O) groups excluding carboxylic acids is 4. The maximum atomic E-state index is 13.7. The van der Waals surface area contributed by atoms with Crippen LogP contribution in [0, 0.1) is 5.82 Å². The Bertz CT molecular complexity index is 1400. The molecule has 218 valence electrons. The highest BCUT2D eigenvalue weighted by atomic mass is 19.4. The lowest BCUT2D eigenvalue weighted by Gasteiger charge is -2.31. The zero-order valence-electron chi connectivity index (χ0n) is 22.1. The summed E-state index contributed by atoms with van der Waals surface area (Å²) in [7, 11) is 0. The van der Waals surface area contributed by atoms with Gasteiger partial charge in [-0.05, 0) is 61.6 Å². The summed E-state index contributed by atoms with van der Waals surface area (Å²) in [6.45, 7) is -0.0496. The Morgan fingerprint density at radius 3 is 2.54 bits per heavy atom. The maximum Gasteiger partial charge on any atom is 0.418 e. The van der Waals surface area contributed by atoms with E-state index < -0.39 is 66.6 Å². The number of ether oxygens (including phenoxy) is 1. The molecule has 4 amide bonds. The number of nitrogens with zero attached hydrogens (tertiary/aromatic N) is 3. The Labute approximate surface area is 232 Å². The minimum Gasteiger partial charge on any atom is -0.427 e. The number of alkyl halides is 3. The van der Waals surface area contributed by atoms with E-state index in [1.165, 1.54) is 12.1 Å². The van der Waals surface area contributed by atoms with E-state index in [1.807, 2.05) is 11.0 Å². The highest BCUT2D eigenvalue weighted by molar-refractivity contribution is 6.06. The molecule has 0 saturated carbocycles. The van der Waals surface area contributed by atoms with Crippen molar-refractivity contribution < 1.29 is 41.5 Å². The number of hydrogen-bond donors (Lipinski definition) is 1. The Balaban J connectivity index is 1.37. The summed E-state index contributed by atoms with van der Waals surface area (Å²) in [6, 6.07) is 7.08. The van der Waals surface area contributed by atoms with Crippen LogP contribution in [0.15, 0.2) is 42.5 Å². The number of benzene rings is 2. The van der Waals surface area contributed by atoms with Crippen LogP contribution in [-0.2, 0) is 37.7 Å². The predicted molar refractivity (Wildman–Crippen MR) is 137 cm³/mol. The SMILES string of the molecule is C[C@H](N(Cc1ccc(F)cc1)C(=O)CN1C(=O)O[C@@]2(CCc3cc(N4CCC[C@H]4C(N)=O)ccc32)C1=O)C(F)(F)F. The molecule has 9 nitrogen and oxygen atoms in total. The highest BCUT2D eigenvalue weighted by Crippen LogP contribution is 2.46. The van der Waals surface area contributed by atoms with Crippen molar-refractivity contribution in [3.63, 3.8) is 0 Å². The van der Waals surface area contributed by atoms with Gasteiger partial charge in [-0.15, -0.1) is 0 Å². The second-order valence-electron chi connectivity index (χ2n) is 10.5. The molecule has 0 radical (unpaired) electrons. The first-order chi connectivity index (χ1) is 19.3. The molecular weight excluding hydrogens is 548 g/mol. The van der Waals surface area contributed by atoms with E-state index in [9.17, 15) is 36.7 Å². The monoisotopic (exact) mass is 576 g/mol. The third-order valence-corrected chi connectivity index (χ3v) is 8.08. The van der Waals surface area contributed by atoms with Gasteiger partial charge in [-0.25, -0.2) is 14.1 Å². The number of imide groups is 1. The van der Waals surface area contributed by atoms with Gasteiger partial charge in [0.2, 0.25) is 17.4 Å². The summed E-state index contributed by atoms with van der Waals surface area (Å²) in [5, 5.41) is 0. The Kier molecular flexibility index (Phi) is 7.16. The number of fused-ring (bicyclic) bond motifs is 2. The Morgan fingerprint density at radius 1 is 1.17 bits per heavy atom. The fraction of sp³-hybridized carbons (Fsp3) is 0.429. The van der Waals surface area contributed by atoms with Crippen molar-refractivity contribution in [1.82, 2.24) is 9.80 Å². The molecule has 3 aliphatic rings. The van der Waals surface area contributed by atoms with Crippen LogP contribution in [-0.4, -0.2) is 65.0 Å². The van der Waals surface area contributed by atoms with Crippen molar-refractivity contribution in [2.45, 2.75) is 63.0 Å². The molecule has 13 heteroatoms. The van der Waals surface area contributed by atoms with Gasteiger partial charge in [-0.1, -0.05) is 18.2 Å². The average molecular weight is 577 g/mol. The molecule has 5 rings (SSSR count). The zero-order valence-corrected chi connectivity index (χ0v) is 22.1. The average Bonchev–Trinajstić information content (AvgIpc) is 3.61. The van der Waals surface area contributed by atoms with Crippen molar-refractivity contribution in [3.8, 4) is 0 Å². The first kappa shape index (κ1) is 28.4. The minimum atomic E-state index is -4.79. The van der Waals surface area contributed by atoms with Crippen molar-refractivity contribution in [1.29, 1.82) is 0 Å². The summed E-state index contributed by atoms with van der Waals surface area (Å²) in [6.07, 6.45) is -4.05. The third-order valence-electron chi connectivity index (χ3n) is 8.08. The Hall–Kier alpha value is -4.16. The van der Waals surface area contributed by atoms with E-state index in [1.54, 1.807) is 12.1 Å². The fourth-order valence-electron chi connectivity index (χ4n) is 5.82. The molecule has 2 fully saturated rings. The molecule has 2 aromatic rings. The van der Waals surface area contributed by atoms with Gasteiger partial charge in [0.15, 0.2) is 0 Å². The number of primary amides is 1. The summed E-state index contributed by atoms with van der Waals surface area (Å²) in [5.41, 5.74) is 5.96. The number of hydrogen-bond acceptors (Lipinski definition) is 6. The Morgan fingerprint density at radius 2 is 1.88 bits per heavy atom. The molecular formula is C28H28F4N4O5. The van der Waals surface area contributed by atoms with Gasteiger partial charge in [-0.2, -0.15) is 13.2 Å². The topological polar surface area (TPSA) is 113 Å². The first-order valence-corrected chi connectivity index (χ1v) is 13.2. The van der Waals surface area contributed by atoms with Gasteiger partial charge in [-0.3, -0.25) is 14.4 Å². The van der Waals surface area contributed by atoms with Crippen LogP contribution in [0.4, 0.5) is 28.0 Å². The number of amides is 4. The number of carbonyl (C=O) groups is 4. The first-order valence-electron chi connectivity index (χ1n) is 13.2. The molecule has 2 N–H and O–H groups in total. The minimum absolute atomic E-state index is 0.0958. The molecule has 2 aliphatic heterocycles. The number of anilines is 1. The molecule has 2 heterocycles. The number of halogens is 4. The van der Waals surface area contributed by atoms with Crippen LogP contribution >= 0.6 is 0 Å². The van der Waals surface area contributed by atoms with Gasteiger partial charge in [0.25, 0.3) is 5.91 Å². The second kappa shape index (κ2) is 10.3. The van der Waals surface area contributed by atoms with Crippen molar-refractivity contribution in [2.24, 2.45) is 5.73 Å². The fourth-order valence-corrected chi connectivity index (χ4v) is 5.82. The summed E-state index contributed by atoms with van der Waals surface area (Å²) >= 11 is 0. The standard InChI is InChI=1S/C28H28F4N4O5/c1-16(28(30,31)32)35(14-17-4-6-19(29)7-5-17)23(37)15-36-25(39)27(41-26(36)40)11-10-18-13-20(8-9-21(18)27)34-12-2-3-22(34)24(33)38/h4-9,13,16,22H,2-3,10-12,14-15H2,1H3,(H2,33,38)/t16-,22-,27+/m0/s1. The molecule has 0 bridgehead atoms. The highest BCUT2D eigenvalue weighted by Gasteiger charge is 2.59. The number of rotatable bonds is 7. The van der Waals surface area contributed by atoms with Crippen LogP contribution < -0.4 is 10.6 Å². The molecule has 0 aromatic heterocycles. The summed E-state index contributed by atoms with van der Waals surface area (Å²) < 4.78 is 59.8.